The molecule has 0 spiro atoms. The van der Waals surface area contributed by atoms with Gasteiger partial charge in [0, 0.05) is 48.4 Å². The average molecular weight is 521 g/mol. The van der Waals surface area contributed by atoms with E-state index in [0.29, 0.717) is 47.7 Å². The number of carbonyl (C=O) groups excluding carboxylic acids is 1. The maximum absolute atomic E-state index is 14.9. The summed E-state index contributed by atoms with van der Waals surface area (Å²) in [5, 5.41) is 4.55. The number of hydrogen-bond donors (Lipinski definition) is 2. The molecule has 0 radical (unpaired) electrons. The average Bonchev–Trinajstić information content (AvgIpc) is 3.32. The van der Waals surface area contributed by atoms with Crippen molar-refractivity contribution in [1.82, 2.24) is 24.8 Å². The van der Waals surface area contributed by atoms with Gasteiger partial charge in [0.15, 0.2) is 17.5 Å². The largest absolute Gasteiger partial charge is 0.365 e. The number of amides is 1. The van der Waals surface area contributed by atoms with E-state index in [4.69, 9.17) is 18.0 Å². The summed E-state index contributed by atoms with van der Waals surface area (Å²) in [6.45, 7) is 2.11. The van der Waals surface area contributed by atoms with Crippen molar-refractivity contribution in [2.75, 3.05) is 5.32 Å². The van der Waals surface area contributed by atoms with Crippen molar-refractivity contribution in [3.63, 3.8) is 0 Å². The fourth-order valence-electron chi connectivity index (χ4n) is 4.41. The first-order valence-electron chi connectivity index (χ1n) is 12.5. The first kappa shape index (κ1) is 26.4. The topological polar surface area (TPSA) is 86.8 Å². The lowest BCUT2D eigenvalue weighted by Crippen LogP contribution is -2.40. The Bertz CT molecular complexity index is 1340. The molecule has 4 heterocycles. The molecule has 0 aromatic carbocycles. The molecule has 0 aliphatic carbocycles. The summed E-state index contributed by atoms with van der Waals surface area (Å²) in [7, 11) is 0. The van der Waals surface area contributed by atoms with E-state index in [1.807, 2.05) is 18.2 Å². The Hall–Kier alpha value is -3.70. The summed E-state index contributed by atoms with van der Waals surface area (Å²) in [5.41, 5.74) is 1.33. The number of nitrogens with zero attached hydrogens (tertiary/aromatic N) is 4. The minimum atomic E-state index is -0.539. The number of nitrogens with one attached hydrogen (secondary N) is 2. The molecule has 192 valence electrons. The zero-order valence-electron chi connectivity index (χ0n) is 20.8. The maximum Gasteiger partial charge on any atom is 0.227 e. The SMILES string of the molecule is C#CCCCC(=O)N1C=CC=C[C@H]1CC(CCCC)Nc1nc(-c2c[nH]c3ncc(Cl)cc23)ncc1F. The number of rotatable bonds is 11. The normalized spacial score (nSPS) is 15.6. The van der Waals surface area contributed by atoms with Crippen molar-refractivity contribution in [2.45, 2.75) is 64.0 Å². The van der Waals surface area contributed by atoms with Crippen LogP contribution in [0.15, 0.2) is 49.1 Å². The zero-order chi connectivity index (χ0) is 26.2. The fourth-order valence-corrected chi connectivity index (χ4v) is 4.57. The fraction of sp³-hybridized carbons (Fsp3) is 0.357. The van der Waals surface area contributed by atoms with Gasteiger partial charge in [0.05, 0.1) is 17.3 Å². The molecule has 0 saturated carbocycles. The van der Waals surface area contributed by atoms with Crippen LogP contribution in [-0.2, 0) is 4.79 Å². The van der Waals surface area contributed by atoms with Crippen molar-refractivity contribution in [1.29, 1.82) is 0 Å². The lowest BCUT2D eigenvalue weighted by molar-refractivity contribution is -0.130. The summed E-state index contributed by atoms with van der Waals surface area (Å²) in [6.07, 6.45) is 22.3. The van der Waals surface area contributed by atoms with Gasteiger partial charge < -0.3 is 15.2 Å². The van der Waals surface area contributed by atoms with Gasteiger partial charge >= 0.3 is 0 Å². The van der Waals surface area contributed by atoms with Crippen molar-refractivity contribution < 1.29 is 9.18 Å². The second kappa shape index (κ2) is 12.5. The van der Waals surface area contributed by atoms with Crippen LogP contribution in [0, 0.1) is 18.2 Å². The van der Waals surface area contributed by atoms with Crippen molar-refractivity contribution in [3.05, 3.63) is 59.9 Å². The van der Waals surface area contributed by atoms with Gasteiger partial charge in [-0.15, -0.1) is 12.3 Å². The van der Waals surface area contributed by atoms with E-state index in [-0.39, 0.29) is 23.8 Å². The van der Waals surface area contributed by atoms with Gasteiger partial charge in [-0.05, 0) is 31.4 Å². The number of carbonyl (C=O) groups is 1. The van der Waals surface area contributed by atoms with Gasteiger partial charge in [-0.25, -0.2) is 19.3 Å². The quantitative estimate of drug-likeness (QED) is 0.230. The Morgan fingerprint density at radius 1 is 1.32 bits per heavy atom. The third-order valence-electron chi connectivity index (χ3n) is 6.30. The van der Waals surface area contributed by atoms with Crippen LogP contribution in [0.4, 0.5) is 10.2 Å². The third-order valence-corrected chi connectivity index (χ3v) is 6.51. The van der Waals surface area contributed by atoms with E-state index >= 15 is 0 Å². The lowest BCUT2D eigenvalue weighted by atomic mass is 9.98. The monoisotopic (exact) mass is 520 g/mol. The minimum absolute atomic E-state index is 0.0252. The Balaban J connectivity index is 1.55. The molecule has 1 aliphatic heterocycles. The van der Waals surface area contributed by atoms with E-state index in [9.17, 15) is 9.18 Å². The van der Waals surface area contributed by atoms with Crippen LogP contribution >= 0.6 is 11.6 Å². The molecule has 1 amide bonds. The first-order chi connectivity index (χ1) is 18.0. The highest BCUT2D eigenvalue weighted by molar-refractivity contribution is 6.31. The molecule has 2 N–H and O–H groups in total. The number of hydrogen-bond acceptors (Lipinski definition) is 5. The molecular weight excluding hydrogens is 491 g/mol. The first-order valence-corrected chi connectivity index (χ1v) is 12.9. The second-order valence-corrected chi connectivity index (χ2v) is 9.45. The number of pyridine rings is 1. The zero-order valence-corrected chi connectivity index (χ0v) is 21.5. The Morgan fingerprint density at radius 3 is 3.00 bits per heavy atom. The van der Waals surface area contributed by atoms with E-state index in [1.165, 1.54) is 6.20 Å². The molecule has 3 aromatic heterocycles. The highest BCUT2D eigenvalue weighted by Crippen LogP contribution is 2.29. The predicted octanol–water partition coefficient (Wildman–Crippen LogP) is 6.26. The lowest BCUT2D eigenvalue weighted by Gasteiger charge is -2.32. The molecule has 3 aromatic rings. The number of aromatic amines is 1. The number of allylic oxidation sites excluding steroid dienone is 2. The van der Waals surface area contributed by atoms with Crippen LogP contribution in [0.5, 0.6) is 0 Å². The molecule has 9 heteroatoms. The molecule has 1 aliphatic rings. The molecular formula is C28H30ClFN6O. The van der Waals surface area contributed by atoms with Crippen LogP contribution in [0.2, 0.25) is 5.02 Å². The van der Waals surface area contributed by atoms with Gasteiger partial charge in [-0.1, -0.05) is 43.5 Å². The van der Waals surface area contributed by atoms with Crippen molar-refractivity contribution >= 4 is 34.4 Å². The van der Waals surface area contributed by atoms with Crippen LogP contribution in [0.3, 0.4) is 0 Å². The molecule has 2 atom stereocenters. The van der Waals surface area contributed by atoms with Gasteiger partial charge in [-0.2, -0.15) is 0 Å². The van der Waals surface area contributed by atoms with Gasteiger partial charge in [0.1, 0.15) is 5.65 Å². The summed E-state index contributed by atoms with van der Waals surface area (Å²) < 4.78 is 14.9. The Morgan fingerprint density at radius 2 is 2.19 bits per heavy atom. The summed E-state index contributed by atoms with van der Waals surface area (Å²) in [6, 6.07) is 1.51. The number of fused-ring (bicyclic) bond motifs is 1. The van der Waals surface area contributed by atoms with Crippen LogP contribution in [0.1, 0.15) is 51.9 Å². The van der Waals surface area contributed by atoms with Gasteiger partial charge in [0.2, 0.25) is 5.91 Å². The smallest absolute Gasteiger partial charge is 0.227 e. The third kappa shape index (κ3) is 6.55. The minimum Gasteiger partial charge on any atom is -0.365 e. The van der Waals surface area contributed by atoms with E-state index in [2.05, 4.69) is 38.1 Å². The summed E-state index contributed by atoms with van der Waals surface area (Å²) >= 11 is 6.13. The highest BCUT2D eigenvalue weighted by atomic mass is 35.5. The number of aromatic nitrogens is 4. The van der Waals surface area contributed by atoms with Crippen LogP contribution < -0.4 is 5.32 Å². The molecule has 4 rings (SSSR count). The summed E-state index contributed by atoms with van der Waals surface area (Å²) in [4.78, 5) is 30.7. The maximum atomic E-state index is 14.9. The number of halogens is 2. The van der Waals surface area contributed by atoms with E-state index < -0.39 is 5.82 Å². The second-order valence-electron chi connectivity index (χ2n) is 9.01. The van der Waals surface area contributed by atoms with Crippen LogP contribution in [0.25, 0.3) is 22.4 Å². The Kier molecular flexibility index (Phi) is 8.91. The molecule has 0 fully saturated rings. The van der Waals surface area contributed by atoms with Crippen molar-refractivity contribution in [2.24, 2.45) is 0 Å². The van der Waals surface area contributed by atoms with E-state index in [0.717, 1.165) is 24.6 Å². The number of terminal acetylenes is 1. The number of unbranched alkanes of at least 4 members (excludes halogenated alkanes) is 2. The standard InChI is InChI=1S/C28H30ClFN6O/c1-3-5-7-12-25(37)36-13-9-8-11-21(36)15-20(10-6-4-2)34-28-24(30)18-33-27(35-28)23-17-32-26-22(23)14-19(29)16-31-26/h1,8-9,11,13-14,16-18,20-21H,4-7,10,12,15H2,2H3,(H,31,32)(H,33,34,35)/t20?,21-/m0/s1. The highest BCUT2D eigenvalue weighted by Gasteiger charge is 2.25. The van der Waals surface area contributed by atoms with E-state index in [1.54, 1.807) is 29.6 Å². The molecule has 1 unspecified atom stereocenters. The van der Waals surface area contributed by atoms with Gasteiger partial charge in [-0.3, -0.25) is 4.79 Å². The molecule has 7 nitrogen and oxygen atoms in total. The number of anilines is 1. The summed E-state index contributed by atoms with van der Waals surface area (Å²) in [5.74, 6) is 2.55. The predicted molar refractivity (Wildman–Crippen MR) is 145 cm³/mol. The van der Waals surface area contributed by atoms with Crippen LogP contribution in [-0.4, -0.2) is 42.8 Å². The molecule has 37 heavy (non-hydrogen) atoms. The Labute approximate surface area is 221 Å². The van der Waals surface area contributed by atoms with Crippen molar-refractivity contribution in [3.8, 4) is 23.7 Å². The molecule has 0 bridgehead atoms. The van der Waals surface area contributed by atoms with Gasteiger partial charge in [0.25, 0.3) is 0 Å². The number of H-pyrrole nitrogens is 1. The molecule has 0 saturated heterocycles.